The van der Waals surface area contributed by atoms with Crippen molar-refractivity contribution >= 4 is 22.9 Å². The van der Waals surface area contributed by atoms with Crippen molar-refractivity contribution in [2.45, 2.75) is 19.8 Å². The summed E-state index contributed by atoms with van der Waals surface area (Å²) in [5, 5.41) is 30.7. The first-order valence-electron chi connectivity index (χ1n) is 7.54. The van der Waals surface area contributed by atoms with Crippen molar-refractivity contribution in [2.24, 2.45) is 5.92 Å². The lowest BCUT2D eigenvalue weighted by molar-refractivity contribution is 0.414. The maximum atomic E-state index is 9.34. The number of nitriles is 3. The highest BCUT2D eigenvalue weighted by atomic mass is 35.5. The van der Waals surface area contributed by atoms with E-state index in [4.69, 9.17) is 26.9 Å². The third-order valence-corrected chi connectivity index (χ3v) is 3.81. The number of alkyl halides is 1. The SMILES string of the molecule is COc1c(NCC(C)CCCCl)cccc1C(C#N)=C(C#N)C#N. The Hall–Kier alpha value is -2.68. The maximum Gasteiger partial charge on any atom is 0.150 e. The van der Waals surface area contributed by atoms with Gasteiger partial charge in [0.1, 0.15) is 23.8 Å². The van der Waals surface area contributed by atoms with Gasteiger partial charge < -0.3 is 10.1 Å². The first-order valence-corrected chi connectivity index (χ1v) is 8.08. The van der Waals surface area contributed by atoms with Crippen molar-refractivity contribution in [1.29, 1.82) is 15.8 Å². The van der Waals surface area contributed by atoms with Crippen LogP contribution in [0.25, 0.3) is 5.57 Å². The molecule has 6 heteroatoms. The van der Waals surface area contributed by atoms with Crippen LogP contribution in [0.4, 0.5) is 5.69 Å². The zero-order valence-electron chi connectivity index (χ0n) is 13.8. The first-order chi connectivity index (χ1) is 11.6. The number of methoxy groups -OCH3 is 1. The highest BCUT2D eigenvalue weighted by molar-refractivity contribution is 6.17. The molecule has 0 aliphatic heterocycles. The number of ether oxygens (including phenoxy) is 1. The van der Waals surface area contributed by atoms with Crippen LogP contribution in [0.3, 0.4) is 0 Å². The smallest absolute Gasteiger partial charge is 0.150 e. The molecule has 1 unspecified atom stereocenters. The van der Waals surface area contributed by atoms with Gasteiger partial charge in [-0.05, 0) is 30.9 Å². The third kappa shape index (κ3) is 4.92. The van der Waals surface area contributed by atoms with E-state index in [1.165, 1.54) is 7.11 Å². The van der Waals surface area contributed by atoms with Crippen LogP contribution in [0.1, 0.15) is 25.3 Å². The van der Waals surface area contributed by atoms with Gasteiger partial charge in [-0.25, -0.2) is 0 Å². The number of anilines is 1. The molecule has 0 saturated heterocycles. The molecule has 0 aliphatic rings. The highest BCUT2D eigenvalue weighted by Crippen LogP contribution is 2.34. The van der Waals surface area contributed by atoms with Gasteiger partial charge in [-0.1, -0.05) is 13.0 Å². The van der Waals surface area contributed by atoms with E-state index in [0.29, 0.717) is 23.1 Å². The fraction of sp³-hybridized carbons (Fsp3) is 0.389. The van der Waals surface area contributed by atoms with Gasteiger partial charge >= 0.3 is 0 Å². The van der Waals surface area contributed by atoms with E-state index >= 15 is 0 Å². The molecule has 0 radical (unpaired) electrons. The second kappa shape index (κ2) is 10.2. The second-order valence-electron chi connectivity index (χ2n) is 5.29. The molecule has 0 aliphatic carbocycles. The number of rotatable bonds is 8. The largest absolute Gasteiger partial charge is 0.494 e. The molecule has 124 valence electrons. The molecule has 0 fully saturated rings. The third-order valence-electron chi connectivity index (χ3n) is 3.55. The van der Waals surface area contributed by atoms with Crippen molar-refractivity contribution < 1.29 is 4.74 Å². The van der Waals surface area contributed by atoms with Gasteiger partial charge in [0, 0.05) is 18.0 Å². The standard InChI is InChI=1S/C18H19ClN4O/c1-13(5-4-8-19)12-23-17-7-3-6-15(18(17)24-2)16(11-22)14(9-20)10-21/h3,6-7,13,23H,4-5,8,12H2,1-2H3. The average molecular weight is 343 g/mol. The van der Waals surface area contributed by atoms with Crippen LogP contribution < -0.4 is 10.1 Å². The van der Waals surface area contributed by atoms with Crippen molar-refractivity contribution in [3.8, 4) is 24.0 Å². The normalized spacial score (nSPS) is 10.7. The molecule has 0 bridgehead atoms. The number of hydrogen-bond acceptors (Lipinski definition) is 5. The summed E-state index contributed by atoms with van der Waals surface area (Å²) >= 11 is 5.71. The zero-order chi connectivity index (χ0) is 17.9. The summed E-state index contributed by atoms with van der Waals surface area (Å²) in [5.41, 5.74) is 0.923. The Morgan fingerprint density at radius 2 is 1.96 bits per heavy atom. The van der Waals surface area contributed by atoms with E-state index < -0.39 is 0 Å². The first kappa shape index (κ1) is 19.4. The van der Waals surface area contributed by atoms with Crippen LogP contribution in [-0.4, -0.2) is 19.5 Å². The van der Waals surface area contributed by atoms with Gasteiger partial charge in [0.15, 0.2) is 5.75 Å². The molecule has 0 aromatic heterocycles. The monoisotopic (exact) mass is 342 g/mol. The molecule has 1 rings (SSSR count). The molecule has 1 atom stereocenters. The number of allylic oxidation sites excluding steroid dienone is 2. The lowest BCUT2D eigenvalue weighted by Crippen LogP contribution is -2.12. The topological polar surface area (TPSA) is 92.6 Å². The van der Waals surface area contributed by atoms with E-state index in [-0.39, 0.29) is 11.1 Å². The van der Waals surface area contributed by atoms with Crippen LogP contribution in [0.5, 0.6) is 5.75 Å². The summed E-state index contributed by atoms with van der Waals surface area (Å²) in [4.78, 5) is 0. The fourth-order valence-electron chi connectivity index (χ4n) is 2.29. The summed E-state index contributed by atoms with van der Waals surface area (Å²) in [6.07, 6.45) is 1.96. The number of benzene rings is 1. The molecule has 1 aromatic carbocycles. The molecule has 5 nitrogen and oxygen atoms in total. The Morgan fingerprint density at radius 3 is 2.50 bits per heavy atom. The fourth-order valence-corrected chi connectivity index (χ4v) is 2.45. The summed E-state index contributed by atoms with van der Waals surface area (Å²) < 4.78 is 5.42. The van der Waals surface area contributed by atoms with Gasteiger partial charge in [-0.2, -0.15) is 15.8 Å². The summed E-state index contributed by atoms with van der Waals surface area (Å²) in [6, 6.07) is 10.7. The molecule has 1 aromatic rings. The Bertz CT molecular complexity index is 706. The van der Waals surface area contributed by atoms with Crippen molar-refractivity contribution in [2.75, 3.05) is 24.9 Å². The van der Waals surface area contributed by atoms with E-state index in [2.05, 4.69) is 12.2 Å². The minimum Gasteiger partial charge on any atom is -0.494 e. The molecule has 1 N–H and O–H groups in total. The van der Waals surface area contributed by atoms with E-state index in [9.17, 15) is 5.26 Å². The van der Waals surface area contributed by atoms with E-state index in [0.717, 1.165) is 25.1 Å². The van der Waals surface area contributed by atoms with Gasteiger partial charge in [0.2, 0.25) is 0 Å². The van der Waals surface area contributed by atoms with E-state index in [1.807, 2.05) is 12.1 Å². The predicted octanol–water partition coefficient (Wildman–Crippen LogP) is 4.09. The molecular weight excluding hydrogens is 324 g/mol. The Balaban J connectivity index is 3.16. The molecule has 24 heavy (non-hydrogen) atoms. The number of para-hydroxylation sites is 1. The quantitative estimate of drug-likeness (QED) is 0.567. The van der Waals surface area contributed by atoms with Crippen LogP contribution in [0, 0.1) is 39.9 Å². The van der Waals surface area contributed by atoms with Crippen LogP contribution in [0.2, 0.25) is 0 Å². The average Bonchev–Trinajstić information content (AvgIpc) is 2.62. The van der Waals surface area contributed by atoms with Crippen molar-refractivity contribution in [1.82, 2.24) is 0 Å². The molecular formula is C18H19ClN4O. The van der Waals surface area contributed by atoms with Crippen molar-refractivity contribution in [3.05, 3.63) is 29.3 Å². The van der Waals surface area contributed by atoms with Crippen molar-refractivity contribution in [3.63, 3.8) is 0 Å². The predicted molar refractivity (Wildman–Crippen MR) is 94.4 cm³/mol. The van der Waals surface area contributed by atoms with Gasteiger partial charge in [-0.3, -0.25) is 0 Å². The van der Waals surface area contributed by atoms with Gasteiger partial charge in [0.25, 0.3) is 0 Å². The number of nitrogens with one attached hydrogen (secondary N) is 1. The number of nitrogens with zero attached hydrogens (tertiary/aromatic N) is 3. The van der Waals surface area contributed by atoms with Crippen LogP contribution >= 0.6 is 11.6 Å². The Morgan fingerprint density at radius 1 is 1.25 bits per heavy atom. The number of hydrogen-bond donors (Lipinski definition) is 1. The van der Waals surface area contributed by atoms with Crippen LogP contribution in [0.15, 0.2) is 23.8 Å². The van der Waals surface area contributed by atoms with Gasteiger partial charge in [-0.15, -0.1) is 11.6 Å². The van der Waals surface area contributed by atoms with Gasteiger partial charge in [0.05, 0.1) is 18.4 Å². The van der Waals surface area contributed by atoms with Crippen LogP contribution in [-0.2, 0) is 0 Å². The lowest BCUT2D eigenvalue weighted by atomic mass is 10.00. The second-order valence-corrected chi connectivity index (χ2v) is 5.67. The maximum absolute atomic E-state index is 9.34. The zero-order valence-corrected chi connectivity index (χ0v) is 14.5. The summed E-state index contributed by atoms with van der Waals surface area (Å²) in [6.45, 7) is 2.85. The van der Waals surface area contributed by atoms with E-state index in [1.54, 1.807) is 24.3 Å². The molecule has 0 heterocycles. The highest BCUT2D eigenvalue weighted by Gasteiger charge is 2.17. The Labute approximate surface area is 147 Å². The minimum atomic E-state index is -0.233. The molecule has 0 spiro atoms. The minimum absolute atomic E-state index is 0.00990. The molecule has 0 amide bonds. The molecule has 0 saturated carbocycles. The summed E-state index contributed by atoms with van der Waals surface area (Å²) in [7, 11) is 1.49. The lowest BCUT2D eigenvalue weighted by Gasteiger charge is -2.17. The Kier molecular flexibility index (Phi) is 8.20. The number of halogens is 1. The summed E-state index contributed by atoms with van der Waals surface area (Å²) in [5.74, 6) is 1.52.